The third-order valence-corrected chi connectivity index (χ3v) is 8.77. The first-order chi connectivity index (χ1) is 14.7. The van der Waals surface area contributed by atoms with Crippen LogP contribution in [-0.2, 0) is 0 Å². The van der Waals surface area contributed by atoms with Crippen LogP contribution in [0.1, 0.15) is 77.0 Å². The Bertz CT molecular complexity index is 804. The number of halogens is 1. The summed E-state index contributed by atoms with van der Waals surface area (Å²) in [6, 6.07) is 8.98. The van der Waals surface area contributed by atoms with Gasteiger partial charge in [0.2, 0.25) is 0 Å². The molecule has 162 valence electrons. The smallest absolute Gasteiger partial charge is 0.127 e. The zero-order valence-corrected chi connectivity index (χ0v) is 19.6. The Kier molecular flexibility index (Phi) is 6.19. The van der Waals surface area contributed by atoms with Gasteiger partial charge in [0.25, 0.3) is 0 Å². The van der Waals surface area contributed by atoms with E-state index in [2.05, 4.69) is 21.9 Å². The van der Waals surface area contributed by atoms with Crippen LogP contribution in [-0.4, -0.2) is 40.9 Å². The van der Waals surface area contributed by atoms with Crippen molar-refractivity contribution in [1.82, 2.24) is 4.90 Å². The van der Waals surface area contributed by atoms with Gasteiger partial charge in [-0.05, 0) is 63.7 Å². The molecule has 2 aliphatic heterocycles. The zero-order chi connectivity index (χ0) is 20.6. The van der Waals surface area contributed by atoms with Crippen molar-refractivity contribution < 1.29 is 0 Å². The second kappa shape index (κ2) is 8.88. The maximum Gasteiger partial charge on any atom is 0.127 e. The molecular formula is C25H34ClN3S. The predicted molar refractivity (Wildman–Crippen MR) is 131 cm³/mol. The molecule has 0 unspecified atom stereocenters. The Morgan fingerprint density at radius 2 is 1.57 bits per heavy atom. The Hall–Kier alpha value is -0.970. The van der Waals surface area contributed by atoms with Crippen molar-refractivity contribution >= 4 is 40.3 Å². The number of hydrogen-bond donors (Lipinski definition) is 0. The maximum atomic E-state index is 6.74. The summed E-state index contributed by atoms with van der Waals surface area (Å²) >= 11 is 13.1. The lowest BCUT2D eigenvalue weighted by molar-refractivity contribution is 0.154. The van der Waals surface area contributed by atoms with Gasteiger partial charge in [0.15, 0.2) is 0 Å². The lowest BCUT2D eigenvalue weighted by Gasteiger charge is -2.41. The standard InChI is InChI=1S/C25H34ClN3S/c26-20-13-5-6-14-21(20)29-23(27-19-11-3-1-4-12-19)22(28-17-9-10-18-28)25(24(29)30)15-7-2-8-16-25/h5-6,13-14,19,22H,1-4,7-12,15-18H2/t22-/m0/s1. The van der Waals surface area contributed by atoms with Crippen LogP contribution in [0, 0.1) is 5.41 Å². The molecule has 1 spiro atoms. The lowest BCUT2D eigenvalue weighted by Crippen LogP contribution is -2.50. The van der Waals surface area contributed by atoms with Crippen molar-refractivity contribution in [3.8, 4) is 0 Å². The van der Waals surface area contributed by atoms with E-state index in [4.69, 9.17) is 28.8 Å². The number of amidine groups is 1. The van der Waals surface area contributed by atoms with Crippen molar-refractivity contribution in [2.75, 3.05) is 18.0 Å². The van der Waals surface area contributed by atoms with Crippen molar-refractivity contribution in [3.63, 3.8) is 0 Å². The zero-order valence-electron chi connectivity index (χ0n) is 18.0. The first kappa shape index (κ1) is 20.9. The van der Waals surface area contributed by atoms with Gasteiger partial charge in [-0.15, -0.1) is 0 Å². The SMILES string of the molecule is S=C1N(c2ccccc2Cl)C(=NC2CCCCC2)[C@H](N2CCCC2)C12CCCCC2. The van der Waals surface area contributed by atoms with E-state index in [1.54, 1.807) is 0 Å². The summed E-state index contributed by atoms with van der Waals surface area (Å²) in [7, 11) is 0. The number of anilines is 1. The van der Waals surface area contributed by atoms with Crippen molar-refractivity contribution in [1.29, 1.82) is 0 Å². The topological polar surface area (TPSA) is 18.8 Å². The van der Waals surface area contributed by atoms with Gasteiger partial charge in [-0.2, -0.15) is 0 Å². The van der Waals surface area contributed by atoms with E-state index in [0.717, 1.165) is 15.7 Å². The van der Waals surface area contributed by atoms with E-state index >= 15 is 0 Å². The van der Waals surface area contributed by atoms with Crippen molar-refractivity contribution in [3.05, 3.63) is 29.3 Å². The minimum atomic E-state index is 0.0462. The molecule has 2 heterocycles. The number of aliphatic imine (C=N–C) groups is 1. The molecule has 3 nitrogen and oxygen atoms in total. The van der Waals surface area contributed by atoms with E-state index in [1.807, 2.05) is 12.1 Å². The second-order valence-electron chi connectivity index (χ2n) is 9.73. The summed E-state index contributed by atoms with van der Waals surface area (Å²) in [5.41, 5.74) is 1.08. The molecule has 0 bridgehead atoms. The molecule has 5 rings (SSSR count). The molecule has 2 aliphatic carbocycles. The van der Waals surface area contributed by atoms with E-state index in [-0.39, 0.29) is 5.41 Å². The van der Waals surface area contributed by atoms with Crippen LogP contribution in [0.4, 0.5) is 5.69 Å². The first-order valence-electron chi connectivity index (χ1n) is 12.1. The molecule has 4 fully saturated rings. The molecule has 1 atom stereocenters. The molecule has 0 aromatic heterocycles. The molecule has 2 saturated heterocycles. The number of para-hydroxylation sites is 1. The van der Waals surface area contributed by atoms with Crippen LogP contribution >= 0.6 is 23.8 Å². The number of rotatable bonds is 3. The van der Waals surface area contributed by atoms with Crippen molar-refractivity contribution in [2.45, 2.75) is 89.1 Å². The van der Waals surface area contributed by atoms with Gasteiger partial charge >= 0.3 is 0 Å². The molecule has 4 aliphatic rings. The molecule has 0 amide bonds. The normalized spacial score (nSPS) is 29.4. The van der Waals surface area contributed by atoms with Crippen LogP contribution in [0.5, 0.6) is 0 Å². The van der Waals surface area contributed by atoms with E-state index < -0.39 is 0 Å². The number of hydrogen-bond acceptors (Lipinski definition) is 3. The molecule has 30 heavy (non-hydrogen) atoms. The van der Waals surface area contributed by atoms with Crippen LogP contribution in [0.2, 0.25) is 5.02 Å². The lowest BCUT2D eigenvalue weighted by atomic mass is 9.70. The summed E-state index contributed by atoms with van der Waals surface area (Å²) in [6.45, 7) is 2.35. The van der Waals surface area contributed by atoms with Crippen LogP contribution in [0.3, 0.4) is 0 Å². The quantitative estimate of drug-likeness (QED) is 0.488. The van der Waals surface area contributed by atoms with Gasteiger partial charge in [-0.1, -0.05) is 74.5 Å². The Balaban J connectivity index is 1.64. The van der Waals surface area contributed by atoms with Crippen LogP contribution in [0.15, 0.2) is 29.3 Å². The van der Waals surface area contributed by atoms with Crippen molar-refractivity contribution in [2.24, 2.45) is 10.4 Å². The van der Waals surface area contributed by atoms with Gasteiger partial charge in [0.05, 0.1) is 27.8 Å². The average molecular weight is 444 g/mol. The molecule has 0 N–H and O–H groups in total. The fourth-order valence-electron chi connectivity index (χ4n) is 6.39. The largest absolute Gasteiger partial charge is 0.293 e. The number of thiocarbonyl (C=S) groups is 1. The Morgan fingerprint density at radius 3 is 2.27 bits per heavy atom. The van der Waals surface area contributed by atoms with E-state index in [0.29, 0.717) is 12.1 Å². The van der Waals surface area contributed by atoms with Gasteiger partial charge in [-0.25, -0.2) is 0 Å². The minimum Gasteiger partial charge on any atom is -0.293 e. The molecule has 5 heteroatoms. The van der Waals surface area contributed by atoms with E-state index in [1.165, 1.54) is 96.0 Å². The van der Waals surface area contributed by atoms with Crippen LogP contribution in [0.25, 0.3) is 0 Å². The van der Waals surface area contributed by atoms with Gasteiger partial charge in [0.1, 0.15) is 5.84 Å². The van der Waals surface area contributed by atoms with E-state index in [9.17, 15) is 0 Å². The highest BCUT2D eigenvalue weighted by Gasteiger charge is 2.58. The van der Waals surface area contributed by atoms with Gasteiger partial charge in [-0.3, -0.25) is 14.8 Å². The fourth-order valence-corrected chi connectivity index (χ4v) is 7.11. The summed E-state index contributed by atoms with van der Waals surface area (Å²) in [5, 5.41) is 0.782. The number of nitrogens with zero attached hydrogens (tertiary/aromatic N) is 3. The molecule has 1 aromatic carbocycles. The number of likely N-dealkylation sites (tertiary alicyclic amines) is 1. The Labute approximate surface area is 191 Å². The summed E-state index contributed by atoms with van der Waals surface area (Å²) < 4.78 is 0. The summed E-state index contributed by atoms with van der Waals surface area (Å²) in [4.78, 5) is 11.6. The van der Waals surface area contributed by atoms with Gasteiger partial charge in [0, 0.05) is 5.41 Å². The molecule has 2 saturated carbocycles. The predicted octanol–water partition coefficient (Wildman–Crippen LogP) is 6.63. The third kappa shape index (κ3) is 3.63. The first-order valence-corrected chi connectivity index (χ1v) is 12.9. The Morgan fingerprint density at radius 1 is 0.900 bits per heavy atom. The molecule has 0 radical (unpaired) electrons. The second-order valence-corrected chi connectivity index (χ2v) is 10.5. The summed E-state index contributed by atoms with van der Waals surface area (Å²) in [5.74, 6) is 1.21. The highest BCUT2D eigenvalue weighted by Crippen LogP contribution is 2.51. The summed E-state index contributed by atoms with van der Waals surface area (Å²) in [6.07, 6.45) is 15.2. The molecular weight excluding hydrogens is 410 g/mol. The highest BCUT2D eigenvalue weighted by molar-refractivity contribution is 7.80. The third-order valence-electron chi connectivity index (χ3n) is 7.86. The van der Waals surface area contributed by atoms with Gasteiger partial charge < -0.3 is 0 Å². The highest BCUT2D eigenvalue weighted by atomic mass is 35.5. The minimum absolute atomic E-state index is 0.0462. The van der Waals surface area contributed by atoms with Crippen LogP contribution < -0.4 is 4.90 Å². The maximum absolute atomic E-state index is 6.74. The average Bonchev–Trinajstić information content (AvgIpc) is 3.37. The monoisotopic (exact) mass is 443 g/mol. The molecule has 1 aromatic rings. The fraction of sp³-hybridized carbons (Fsp3) is 0.680. The number of benzene rings is 1.